The van der Waals surface area contributed by atoms with Crippen molar-refractivity contribution >= 4 is 6.09 Å². The minimum absolute atomic E-state index is 0.0537. The Hall–Kier alpha value is -2.49. The molecule has 0 aliphatic heterocycles. The molecule has 2 aromatic rings. The zero-order valence-corrected chi connectivity index (χ0v) is 29.3. The number of nitrogens with zero attached hydrogens (tertiary/aromatic N) is 1. The molecule has 47 heavy (non-hydrogen) atoms. The maximum absolute atomic E-state index is 12.6. The molecule has 8 heteroatoms. The van der Waals surface area contributed by atoms with Crippen molar-refractivity contribution in [3.05, 3.63) is 59.7 Å². The lowest BCUT2D eigenvalue weighted by molar-refractivity contribution is -0.0121. The monoisotopic (exact) mass is 655 g/mol. The maximum Gasteiger partial charge on any atom is 0.409 e. The summed E-state index contributed by atoms with van der Waals surface area (Å²) < 4.78 is 33.7. The first-order valence-electron chi connectivity index (χ1n) is 18.2. The molecule has 0 N–H and O–H groups in total. The molecule has 3 rings (SSSR count). The predicted octanol–water partition coefficient (Wildman–Crippen LogP) is 8.26. The first-order valence-corrected chi connectivity index (χ1v) is 18.2. The van der Waals surface area contributed by atoms with Gasteiger partial charge in [0.2, 0.25) is 0 Å². The Bertz CT molecular complexity index is 1040. The quantitative estimate of drug-likeness (QED) is 0.0817. The third-order valence-corrected chi connectivity index (χ3v) is 8.60. The van der Waals surface area contributed by atoms with E-state index in [1.165, 1.54) is 86.5 Å². The highest BCUT2D eigenvalue weighted by atomic mass is 16.6. The van der Waals surface area contributed by atoms with Crippen molar-refractivity contribution in [1.82, 2.24) is 4.90 Å². The smallest absolute Gasteiger partial charge is 0.409 e. The van der Waals surface area contributed by atoms with E-state index in [-0.39, 0.29) is 12.0 Å². The van der Waals surface area contributed by atoms with Crippen LogP contribution in [-0.4, -0.2) is 97.3 Å². The van der Waals surface area contributed by atoms with E-state index in [2.05, 4.69) is 31.2 Å². The van der Waals surface area contributed by atoms with Crippen LogP contribution in [0.1, 0.15) is 94.6 Å². The summed E-state index contributed by atoms with van der Waals surface area (Å²) in [5, 5.41) is 0. The van der Waals surface area contributed by atoms with Crippen LogP contribution in [0.3, 0.4) is 0 Å². The summed E-state index contributed by atoms with van der Waals surface area (Å²) >= 11 is 0. The Morgan fingerprint density at radius 3 is 1.45 bits per heavy atom. The summed E-state index contributed by atoms with van der Waals surface area (Å²) in [4.78, 5) is 14.1. The summed E-state index contributed by atoms with van der Waals surface area (Å²) in [6.07, 6.45) is 14.5. The van der Waals surface area contributed by atoms with Gasteiger partial charge in [-0.05, 0) is 28.7 Å². The van der Waals surface area contributed by atoms with E-state index < -0.39 is 0 Å². The largest absolute Gasteiger partial charge is 0.448 e. The Balaban J connectivity index is 1.03. The van der Waals surface area contributed by atoms with Crippen molar-refractivity contribution in [1.29, 1.82) is 0 Å². The summed E-state index contributed by atoms with van der Waals surface area (Å²) in [6.45, 7) is 8.58. The van der Waals surface area contributed by atoms with E-state index in [9.17, 15) is 4.79 Å². The fourth-order valence-electron chi connectivity index (χ4n) is 5.85. The second kappa shape index (κ2) is 25.5. The number of benzene rings is 2. The van der Waals surface area contributed by atoms with E-state index in [4.69, 9.17) is 28.4 Å². The van der Waals surface area contributed by atoms with E-state index >= 15 is 0 Å². The fraction of sp³-hybridized carbons (Fsp3) is 0.667. The number of amides is 1. The average molecular weight is 656 g/mol. The summed E-state index contributed by atoms with van der Waals surface area (Å²) in [7, 11) is 1.73. The molecule has 1 aliphatic rings. The van der Waals surface area contributed by atoms with Gasteiger partial charge < -0.3 is 33.3 Å². The Morgan fingerprint density at radius 2 is 0.957 bits per heavy atom. The second-order valence-electron chi connectivity index (χ2n) is 12.3. The third kappa shape index (κ3) is 16.0. The number of ether oxygens (including phenoxy) is 6. The first-order chi connectivity index (χ1) is 23.2. The highest BCUT2D eigenvalue weighted by molar-refractivity contribution is 5.79. The molecule has 1 amide bonds. The van der Waals surface area contributed by atoms with E-state index in [0.717, 1.165) is 13.0 Å². The normalized spacial score (nSPS) is 12.3. The Morgan fingerprint density at radius 1 is 0.553 bits per heavy atom. The number of rotatable bonds is 29. The van der Waals surface area contributed by atoms with Crippen molar-refractivity contribution in [2.75, 3.05) is 86.3 Å². The van der Waals surface area contributed by atoms with Gasteiger partial charge in [0.25, 0.3) is 0 Å². The van der Waals surface area contributed by atoms with Crippen LogP contribution in [0.15, 0.2) is 48.5 Å². The van der Waals surface area contributed by atoms with Crippen LogP contribution in [0.5, 0.6) is 0 Å². The lowest BCUT2D eigenvalue weighted by Gasteiger charge is -2.19. The summed E-state index contributed by atoms with van der Waals surface area (Å²) in [6, 6.07) is 16.7. The Labute approximate surface area is 284 Å². The second-order valence-corrected chi connectivity index (χ2v) is 12.3. The molecule has 0 unspecified atom stereocenters. The van der Waals surface area contributed by atoms with Crippen LogP contribution in [0.25, 0.3) is 11.1 Å². The van der Waals surface area contributed by atoms with E-state index in [1.807, 2.05) is 24.3 Å². The molecule has 0 radical (unpaired) electrons. The molecule has 0 atom stereocenters. The topological polar surface area (TPSA) is 75.7 Å². The van der Waals surface area contributed by atoms with Gasteiger partial charge in [-0.3, -0.25) is 0 Å². The molecule has 264 valence electrons. The van der Waals surface area contributed by atoms with Crippen LogP contribution in [0.2, 0.25) is 0 Å². The third-order valence-electron chi connectivity index (χ3n) is 8.60. The summed E-state index contributed by atoms with van der Waals surface area (Å²) in [5.74, 6) is 0.0537. The van der Waals surface area contributed by atoms with Crippen molar-refractivity contribution in [2.45, 2.75) is 83.5 Å². The van der Waals surface area contributed by atoms with Gasteiger partial charge >= 0.3 is 6.09 Å². The number of carbonyl (C=O) groups excluding carboxylic acids is 1. The minimum atomic E-state index is -0.347. The van der Waals surface area contributed by atoms with Crippen LogP contribution in [0, 0.1) is 0 Å². The molecule has 1 aliphatic carbocycles. The standard InChI is InChI=1S/C39H61NO7/c1-3-4-5-6-7-8-9-10-11-12-17-23-42-25-27-44-29-31-46-32-30-45-28-26-43-24-22-40(2)39(41)47-33-38-36-20-15-13-18-34(36)35-19-14-16-21-37(35)38/h13-16,18-21,38H,3-12,17,22-33H2,1-2H3. The van der Waals surface area contributed by atoms with Gasteiger partial charge in [-0.2, -0.15) is 0 Å². The molecule has 0 fully saturated rings. The van der Waals surface area contributed by atoms with Crippen molar-refractivity contribution in [2.24, 2.45) is 0 Å². The molecule has 0 heterocycles. The minimum Gasteiger partial charge on any atom is -0.448 e. The van der Waals surface area contributed by atoms with Crippen LogP contribution in [0.4, 0.5) is 4.79 Å². The van der Waals surface area contributed by atoms with Crippen molar-refractivity contribution < 1.29 is 33.2 Å². The highest BCUT2D eigenvalue weighted by Gasteiger charge is 2.29. The van der Waals surface area contributed by atoms with E-state index in [1.54, 1.807) is 11.9 Å². The van der Waals surface area contributed by atoms with Crippen LogP contribution < -0.4 is 0 Å². The molecule has 0 bridgehead atoms. The first kappa shape index (κ1) is 39.0. The van der Waals surface area contributed by atoms with Crippen molar-refractivity contribution in [3.63, 3.8) is 0 Å². The van der Waals surface area contributed by atoms with Gasteiger partial charge in [0.05, 0.1) is 59.5 Å². The number of carbonyl (C=O) groups is 1. The predicted molar refractivity (Wildman–Crippen MR) is 188 cm³/mol. The molecular weight excluding hydrogens is 594 g/mol. The molecule has 0 saturated heterocycles. The van der Waals surface area contributed by atoms with Crippen molar-refractivity contribution in [3.8, 4) is 11.1 Å². The molecular formula is C39H61NO7. The molecule has 0 aromatic heterocycles. The zero-order chi connectivity index (χ0) is 33.2. The molecule has 2 aromatic carbocycles. The number of hydrogen-bond donors (Lipinski definition) is 0. The lowest BCUT2D eigenvalue weighted by atomic mass is 9.98. The maximum atomic E-state index is 12.6. The van der Waals surface area contributed by atoms with Gasteiger partial charge in [0.1, 0.15) is 6.61 Å². The van der Waals surface area contributed by atoms with Gasteiger partial charge in [-0.1, -0.05) is 120 Å². The Kier molecular flexibility index (Phi) is 21.1. The van der Waals surface area contributed by atoms with Crippen LogP contribution >= 0.6 is 0 Å². The number of hydrogen-bond acceptors (Lipinski definition) is 7. The summed E-state index contributed by atoms with van der Waals surface area (Å²) in [5.41, 5.74) is 4.85. The molecule has 0 saturated carbocycles. The highest BCUT2D eigenvalue weighted by Crippen LogP contribution is 2.44. The number of fused-ring (bicyclic) bond motifs is 3. The van der Waals surface area contributed by atoms with Gasteiger partial charge in [-0.25, -0.2) is 4.79 Å². The molecule has 8 nitrogen and oxygen atoms in total. The van der Waals surface area contributed by atoms with Crippen LogP contribution in [-0.2, 0) is 28.4 Å². The van der Waals surface area contributed by atoms with E-state index in [0.29, 0.717) is 72.6 Å². The molecule has 0 spiro atoms. The SMILES string of the molecule is CCCCCCCCCCCCCOCCOCCOCCOCCOCCN(C)C(=O)OCC1c2ccccc2-c2ccccc21. The average Bonchev–Trinajstić information content (AvgIpc) is 3.42. The number of likely N-dealkylation sites (N-methyl/N-ethyl adjacent to an activating group) is 1. The van der Waals surface area contributed by atoms with Gasteiger partial charge in [0, 0.05) is 26.1 Å². The van der Waals surface area contributed by atoms with Gasteiger partial charge in [0.15, 0.2) is 0 Å². The lowest BCUT2D eigenvalue weighted by Crippen LogP contribution is -2.32. The fourth-order valence-corrected chi connectivity index (χ4v) is 5.85. The van der Waals surface area contributed by atoms with Gasteiger partial charge in [-0.15, -0.1) is 0 Å². The zero-order valence-electron chi connectivity index (χ0n) is 29.3. The number of unbranched alkanes of at least 4 members (excludes halogenated alkanes) is 10.